The highest BCUT2D eigenvalue weighted by Gasteiger charge is 2.49. The van der Waals surface area contributed by atoms with Gasteiger partial charge in [0.25, 0.3) is 5.56 Å². The number of pyridine rings is 2. The number of para-hydroxylation sites is 1. The van der Waals surface area contributed by atoms with E-state index in [0.29, 0.717) is 23.5 Å². The lowest BCUT2D eigenvalue weighted by atomic mass is 9.82. The van der Waals surface area contributed by atoms with Crippen molar-refractivity contribution in [2.24, 2.45) is 0 Å². The zero-order chi connectivity index (χ0) is 24.3. The predicted molar refractivity (Wildman–Crippen MR) is 129 cm³/mol. The number of fused-ring (bicyclic) bond motifs is 5. The van der Waals surface area contributed by atoms with Crippen molar-refractivity contribution in [2.45, 2.75) is 38.0 Å². The van der Waals surface area contributed by atoms with Gasteiger partial charge in [-0.15, -0.1) is 0 Å². The van der Waals surface area contributed by atoms with Crippen LogP contribution in [0.15, 0.2) is 71.5 Å². The highest BCUT2D eigenvalue weighted by molar-refractivity contribution is 5.97. The number of esters is 1. The topological polar surface area (TPSA) is 98.5 Å². The Bertz CT molecular complexity index is 1590. The molecular formula is C28H22N2O5. The van der Waals surface area contributed by atoms with Gasteiger partial charge < -0.3 is 14.4 Å². The predicted octanol–water partition coefficient (Wildman–Crippen LogP) is 3.89. The van der Waals surface area contributed by atoms with E-state index >= 15 is 0 Å². The molecule has 7 nitrogen and oxygen atoms in total. The number of aromatic nitrogens is 2. The maximum atomic E-state index is 13.8. The fourth-order valence-electron chi connectivity index (χ4n) is 5.13. The average molecular weight is 466 g/mol. The molecule has 6 rings (SSSR count). The third kappa shape index (κ3) is 3.15. The van der Waals surface area contributed by atoms with E-state index in [-0.39, 0.29) is 35.3 Å². The molecule has 0 saturated heterocycles. The molecule has 0 radical (unpaired) electrons. The molecule has 0 saturated carbocycles. The van der Waals surface area contributed by atoms with Crippen LogP contribution in [-0.4, -0.2) is 26.4 Å². The van der Waals surface area contributed by atoms with Crippen LogP contribution >= 0.6 is 0 Å². The monoisotopic (exact) mass is 466 g/mol. The second kappa shape index (κ2) is 7.71. The number of Topliss-reactive ketones (excluding diaryl/α,β-unsaturated/α-hetero) is 1. The molecule has 1 unspecified atom stereocenters. The van der Waals surface area contributed by atoms with E-state index in [2.05, 4.69) is 0 Å². The van der Waals surface area contributed by atoms with Crippen molar-refractivity contribution in [1.82, 2.24) is 9.55 Å². The fraction of sp³-hybridized carbons (Fsp3) is 0.214. The highest BCUT2D eigenvalue weighted by atomic mass is 16.6. The molecule has 2 aromatic carbocycles. The molecule has 2 aliphatic rings. The number of cyclic esters (lactones) is 1. The first kappa shape index (κ1) is 21.4. The van der Waals surface area contributed by atoms with Gasteiger partial charge in [0.15, 0.2) is 11.4 Å². The van der Waals surface area contributed by atoms with Gasteiger partial charge in [0, 0.05) is 22.1 Å². The van der Waals surface area contributed by atoms with E-state index in [1.54, 1.807) is 47.9 Å². The van der Waals surface area contributed by atoms with Gasteiger partial charge in [0.1, 0.15) is 6.10 Å². The normalized spacial score (nSPS) is 20.2. The SMILES string of the molecule is CC[C@@]1(O)C(=O)OC(CC(=O)c2ccccc2)c2c1cc1n(c2=O)Cc2cc3ccccc3nc2-1. The zero-order valence-electron chi connectivity index (χ0n) is 19.0. The summed E-state index contributed by atoms with van der Waals surface area (Å²) in [5, 5.41) is 12.3. The molecule has 4 aromatic rings. The Morgan fingerprint density at radius 3 is 2.63 bits per heavy atom. The molecule has 2 aromatic heterocycles. The minimum Gasteiger partial charge on any atom is -0.454 e. The molecule has 0 amide bonds. The third-order valence-electron chi connectivity index (χ3n) is 7.04. The molecule has 2 atom stereocenters. The summed E-state index contributed by atoms with van der Waals surface area (Å²) in [5.41, 5.74) is 1.32. The van der Waals surface area contributed by atoms with Crippen molar-refractivity contribution >= 4 is 22.7 Å². The first-order valence-corrected chi connectivity index (χ1v) is 11.6. The van der Waals surface area contributed by atoms with Gasteiger partial charge in [0.05, 0.1) is 35.4 Å². The van der Waals surface area contributed by atoms with Crippen molar-refractivity contribution in [3.05, 3.63) is 99.3 Å². The molecule has 35 heavy (non-hydrogen) atoms. The number of ketones is 1. The lowest BCUT2D eigenvalue weighted by Gasteiger charge is -2.36. The van der Waals surface area contributed by atoms with E-state index in [0.717, 1.165) is 16.5 Å². The van der Waals surface area contributed by atoms with E-state index < -0.39 is 17.7 Å². The lowest BCUT2D eigenvalue weighted by molar-refractivity contribution is -0.177. The quantitative estimate of drug-likeness (QED) is 0.319. The number of ether oxygens (including phenoxy) is 1. The van der Waals surface area contributed by atoms with Gasteiger partial charge in [-0.1, -0.05) is 55.5 Å². The summed E-state index contributed by atoms with van der Waals surface area (Å²) in [4.78, 5) is 44.5. The minimum atomic E-state index is -1.98. The van der Waals surface area contributed by atoms with Crippen molar-refractivity contribution in [3.63, 3.8) is 0 Å². The zero-order valence-corrected chi connectivity index (χ0v) is 19.0. The second-order valence-electron chi connectivity index (χ2n) is 9.04. The largest absolute Gasteiger partial charge is 0.454 e. The van der Waals surface area contributed by atoms with E-state index in [1.165, 1.54) is 0 Å². The molecule has 4 heterocycles. The molecule has 0 fully saturated rings. The van der Waals surface area contributed by atoms with Crippen molar-refractivity contribution in [2.75, 3.05) is 0 Å². The Balaban J connectivity index is 1.53. The molecule has 0 aliphatic carbocycles. The Hall–Kier alpha value is -4.10. The smallest absolute Gasteiger partial charge is 0.343 e. The Labute approximate surface area is 200 Å². The maximum Gasteiger partial charge on any atom is 0.343 e. The van der Waals surface area contributed by atoms with Crippen molar-refractivity contribution in [3.8, 4) is 11.4 Å². The van der Waals surface area contributed by atoms with Gasteiger partial charge in [-0.3, -0.25) is 9.59 Å². The Kier molecular flexibility index (Phi) is 4.72. The minimum absolute atomic E-state index is 0.0269. The summed E-state index contributed by atoms with van der Waals surface area (Å²) < 4.78 is 7.14. The van der Waals surface area contributed by atoms with Gasteiger partial charge in [-0.05, 0) is 24.6 Å². The summed E-state index contributed by atoms with van der Waals surface area (Å²) in [6, 6.07) is 20.0. The van der Waals surface area contributed by atoms with Crippen LogP contribution in [0, 0.1) is 0 Å². The summed E-state index contributed by atoms with van der Waals surface area (Å²) in [6.45, 7) is 1.97. The number of hydrogen-bond donors (Lipinski definition) is 1. The van der Waals surface area contributed by atoms with Gasteiger partial charge in [0.2, 0.25) is 0 Å². The van der Waals surface area contributed by atoms with Crippen LogP contribution < -0.4 is 5.56 Å². The first-order valence-electron chi connectivity index (χ1n) is 11.6. The summed E-state index contributed by atoms with van der Waals surface area (Å²) in [5.74, 6) is -1.11. The Morgan fingerprint density at radius 2 is 1.86 bits per heavy atom. The highest BCUT2D eigenvalue weighted by Crippen LogP contribution is 2.43. The summed E-state index contributed by atoms with van der Waals surface area (Å²) >= 11 is 0. The summed E-state index contributed by atoms with van der Waals surface area (Å²) in [6.07, 6.45) is -1.25. The van der Waals surface area contributed by atoms with Gasteiger partial charge >= 0.3 is 5.97 Å². The van der Waals surface area contributed by atoms with Crippen molar-refractivity contribution in [1.29, 1.82) is 0 Å². The molecule has 7 heteroatoms. The van der Waals surface area contributed by atoms with Crippen LogP contribution in [-0.2, 0) is 21.7 Å². The number of aliphatic hydroxyl groups is 1. The number of hydrogen-bond acceptors (Lipinski definition) is 6. The lowest BCUT2D eigenvalue weighted by Crippen LogP contribution is -2.46. The van der Waals surface area contributed by atoms with E-state index in [4.69, 9.17) is 9.72 Å². The third-order valence-corrected chi connectivity index (χ3v) is 7.04. The van der Waals surface area contributed by atoms with E-state index in [1.807, 2.05) is 30.3 Å². The van der Waals surface area contributed by atoms with Crippen LogP contribution in [0.3, 0.4) is 0 Å². The van der Waals surface area contributed by atoms with Crippen molar-refractivity contribution < 1.29 is 19.4 Å². The second-order valence-corrected chi connectivity index (χ2v) is 9.04. The van der Waals surface area contributed by atoms with Gasteiger partial charge in [-0.2, -0.15) is 0 Å². The van der Waals surface area contributed by atoms with Crippen LogP contribution in [0.1, 0.15) is 52.9 Å². The molecule has 0 bridgehead atoms. The summed E-state index contributed by atoms with van der Waals surface area (Å²) in [7, 11) is 0. The molecular weight excluding hydrogens is 444 g/mol. The molecule has 1 N–H and O–H groups in total. The van der Waals surface area contributed by atoms with Crippen LogP contribution in [0.2, 0.25) is 0 Å². The number of rotatable bonds is 4. The van der Waals surface area contributed by atoms with Crippen LogP contribution in [0.4, 0.5) is 0 Å². The standard InChI is InChI=1S/C28H22N2O5/c1-2-28(34)19-13-21-25-18(12-17-10-6-7-11-20(17)29-25)15-30(21)26(32)24(19)23(35-27(28)33)14-22(31)16-8-4-3-5-9-16/h3-13,23,34H,2,14-15H2,1H3/t23?,28-/m0/s1. The molecule has 174 valence electrons. The number of carbonyl (C=O) groups excluding carboxylic acids is 2. The van der Waals surface area contributed by atoms with E-state index in [9.17, 15) is 19.5 Å². The number of carbonyl (C=O) groups is 2. The maximum absolute atomic E-state index is 13.8. The number of nitrogens with zero attached hydrogens (tertiary/aromatic N) is 2. The van der Waals surface area contributed by atoms with Crippen LogP contribution in [0.25, 0.3) is 22.3 Å². The average Bonchev–Trinajstić information content (AvgIpc) is 3.24. The Morgan fingerprint density at radius 1 is 1.11 bits per heavy atom. The van der Waals surface area contributed by atoms with Crippen LogP contribution in [0.5, 0.6) is 0 Å². The first-order chi connectivity index (χ1) is 16.9. The number of benzene rings is 2. The van der Waals surface area contributed by atoms with Gasteiger partial charge in [-0.25, -0.2) is 9.78 Å². The molecule has 2 aliphatic heterocycles. The molecule has 0 spiro atoms. The fourth-order valence-corrected chi connectivity index (χ4v) is 5.13.